The van der Waals surface area contributed by atoms with Crippen molar-refractivity contribution in [1.29, 1.82) is 0 Å². The standard InChI is InChI=1S/C11H14NO/c1-12(9-6-10-13-2)11-7-4-3-5-8-11/h3-10H,1-2H3/q+1. The van der Waals surface area contributed by atoms with E-state index in [9.17, 15) is 0 Å². The maximum absolute atomic E-state index is 4.79. The van der Waals surface area contributed by atoms with Crippen molar-refractivity contribution in [1.82, 2.24) is 0 Å². The van der Waals surface area contributed by atoms with Gasteiger partial charge < -0.3 is 4.74 Å². The van der Waals surface area contributed by atoms with Crippen molar-refractivity contribution in [3.63, 3.8) is 0 Å². The number of methoxy groups -OCH3 is 1. The topological polar surface area (TPSA) is 12.2 Å². The van der Waals surface area contributed by atoms with Gasteiger partial charge in [0, 0.05) is 18.2 Å². The van der Waals surface area contributed by atoms with Gasteiger partial charge in [0.15, 0.2) is 6.21 Å². The predicted molar refractivity (Wildman–Crippen MR) is 54.5 cm³/mol. The predicted octanol–water partition coefficient (Wildman–Crippen LogP) is 2.19. The Morgan fingerprint density at radius 2 is 1.92 bits per heavy atom. The highest BCUT2D eigenvalue weighted by atomic mass is 16.5. The quantitative estimate of drug-likeness (QED) is 0.390. The third kappa shape index (κ3) is 3.11. The van der Waals surface area contributed by atoms with E-state index in [0.717, 1.165) is 5.69 Å². The molecule has 0 aliphatic carbocycles. The van der Waals surface area contributed by atoms with Crippen molar-refractivity contribution >= 4 is 11.9 Å². The lowest BCUT2D eigenvalue weighted by Crippen LogP contribution is -1.97. The van der Waals surface area contributed by atoms with E-state index in [0.29, 0.717) is 0 Å². The largest absolute Gasteiger partial charge is 0.504 e. The lowest BCUT2D eigenvalue weighted by molar-refractivity contribution is -0.398. The molecule has 0 atom stereocenters. The van der Waals surface area contributed by atoms with Crippen molar-refractivity contribution in [3.8, 4) is 0 Å². The maximum Gasteiger partial charge on any atom is 0.204 e. The van der Waals surface area contributed by atoms with Crippen LogP contribution in [0.1, 0.15) is 0 Å². The number of benzene rings is 1. The summed E-state index contributed by atoms with van der Waals surface area (Å²) in [5.41, 5.74) is 1.16. The Labute approximate surface area is 78.8 Å². The first-order chi connectivity index (χ1) is 6.34. The van der Waals surface area contributed by atoms with E-state index >= 15 is 0 Å². The summed E-state index contributed by atoms with van der Waals surface area (Å²) in [4.78, 5) is 0. The summed E-state index contributed by atoms with van der Waals surface area (Å²) in [6.07, 6.45) is 5.44. The van der Waals surface area contributed by atoms with Gasteiger partial charge in [-0.25, -0.2) is 4.58 Å². The molecule has 0 bridgehead atoms. The molecule has 0 spiro atoms. The molecule has 0 N–H and O–H groups in total. The smallest absolute Gasteiger partial charge is 0.204 e. The van der Waals surface area contributed by atoms with Crippen LogP contribution in [-0.4, -0.2) is 24.9 Å². The van der Waals surface area contributed by atoms with Crippen LogP contribution in [0.3, 0.4) is 0 Å². The first-order valence-corrected chi connectivity index (χ1v) is 4.15. The summed E-state index contributed by atoms with van der Waals surface area (Å²) in [6.45, 7) is 0. The average Bonchev–Trinajstić information content (AvgIpc) is 2.19. The lowest BCUT2D eigenvalue weighted by atomic mass is 10.3. The van der Waals surface area contributed by atoms with Crippen LogP contribution in [0.5, 0.6) is 0 Å². The van der Waals surface area contributed by atoms with Gasteiger partial charge in [-0.2, -0.15) is 0 Å². The molecular formula is C11H14NO+. The molecule has 2 heteroatoms. The first kappa shape index (κ1) is 9.52. The highest BCUT2D eigenvalue weighted by Gasteiger charge is 1.97. The Hall–Kier alpha value is -1.57. The fourth-order valence-electron chi connectivity index (χ4n) is 0.992. The summed E-state index contributed by atoms with van der Waals surface area (Å²) >= 11 is 0. The van der Waals surface area contributed by atoms with Gasteiger partial charge in [0.25, 0.3) is 0 Å². The van der Waals surface area contributed by atoms with E-state index in [1.54, 1.807) is 13.4 Å². The number of nitrogens with zero attached hydrogens (tertiary/aromatic N) is 1. The van der Waals surface area contributed by atoms with Crippen LogP contribution in [0.25, 0.3) is 0 Å². The van der Waals surface area contributed by atoms with Crippen molar-refractivity contribution in [2.24, 2.45) is 0 Å². The van der Waals surface area contributed by atoms with Gasteiger partial charge in [0.2, 0.25) is 5.69 Å². The minimum Gasteiger partial charge on any atom is -0.504 e. The molecule has 0 unspecified atom stereocenters. The molecule has 1 rings (SSSR count). The fraction of sp³-hybridized carbons (Fsp3) is 0.182. The van der Waals surface area contributed by atoms with Gasteiger partial charge in [0.1, 0.15) is 7.05 Å². The fourth-order valence-corrected chi connectivity index (χ4v) is 0.992. The minimum atomic E-state index is 1.16. The van der Waals surface area contributed by atoms with E-state index in [1.807, 2.05) is 42.1 Å². The van der Waals surface area contributed by atoms with E-state index in [1.165, 1.54) is 0 Å². The average molecular weight is 176 g/mol. The van der Waals surface area contributed by atoms with Gasteiger partial charge in [-0.15, -0.1) is 0 Å². The second kappa shape index (κ2) is 5.14. The molecule has 0 aliphatic heterocycles. The molecular weight excluding hydrogens is 162 g/mol. The second-order valence-electron chi connectivity index (χ2n) is 2.66. The van der Waals surface area contributed by atoms with Crippen LogP contribution in [0.2, 0.25) is 0 Å². The molecule has 0 radical (unpaired) electrons. The molecule has 0 saturated heterocycles. The van der Waals surface area contributed by atoms with Crippen LogP contribution in [0, 0.1) is 0 Å². The summed E-state index contributed by atoms with van der Waals surface area (Å²) in [7, 11) is 3.63. The van der Waals surface area contributed by atoms with Crippen LogP contribution >= 0.6 is 0 Å². The van der Waals surface area contributed by atoms with E-state index < -0.39 is 0 Å². The minimum absolute atomic E-state index is 1.16. The number of para-hydroxylation sites is 1. The lowest BCUT2D eigenvalue weighted by Gasteiger charge is -1.92. The Kier molecular flexibility index (Phi) is 3.76. The van der Waals surface area contributed by atoms with Crippen LogP contribution in [0.15, 0.2) is 42.7 Å². The molecule has 68 valence electrons. The van der Waals surface area contributed by atoms with Gasteiger partial charge in [0.05, 0.1) is 13.4 Å². The molecule has 1 aromatic rings. The maximum atomic E-state index is 4.79. The summed E-state index contributed by atoms with van der Waals surface area (Å²) in [6, 6.07) is 10.1. The number of ether oxygens (including phenoxy) is 1. The zero-order valence-electron chi connectivity index (χ0n) is 7.97. The van der Waals surface area contributed by atoms with Crippen molar-refractivity contribution in [3.05, 3.63) is 42.7 Å². The molecule has 13 heavy (non-hydrogen) atoms. The Balaban J connectivity index is 2.73. The highest BCUT2D eigenvalue weighted by Crippen LogP contribution is 2.06. The Bertz CT molecular complexity index is 301. The van der Waals surface area contributed by atoms with E-state index in [-0.39, 0.29) is 0 Å². The van der Waals surface area contributed by atoms with Crippen molar-refractivity contribution in [2.75, 3.05) is 14.2 Å². The molecule has 2 nitrogen and oxygen atoms in total. The highest BCUT2D eigenvalue weighted by molar-refractivity contribution is 5.67. The summed E-state index contributed by atoms with van der Waals surface area (Å²) < 4.78 is 6.81. The first-order valence-electron chi connectivity index (χ1n) is 4.15. The number of rotatable bonds is 3. The Morgan fingerprint density at radius 3 is 2.54 bits per heavy atom. The van der Waals surface area contributed by atoms with Crippen LogP contribution in [0.4, 0.5) is 5.69 Å². The third-order valence-electron chi connectivity index (χ3n) is 1.69. The van der Waals surface area contributed by atoms with Gasteiger partial charge in [-0.05, 0) is 0 Å². The SMILES string of the molecule is COC=CC=[N+](C)c1ccccc1. The van der Waals surface area contributed by atoms with E-state index in [2.05, 4.69) is 12.1 Å². The summed E-state index contributed by atoms with van der Waals surface area (Å²) in [5, 5.41) is 0. The Morgan fingerprint density at radius 1 is 1.23 bits per heavy atom. The second-order valence-corrected chi connectivity index (χ2v) is 2.66. The molecule has 0 fully saturated rings. The van der Waals surface area contributed by atoms with Gasteiger partial charge in [-0.3, -0.25) is 0 Å². The molecule has 0 saturated carbocycles. The van der Waals surface area contributed by atoms with Gasteiger partial charge >= 0.3 is 0 Å². The molecule has 0 aliphatic rings. The zero-order valence-corrected chi connectivity index (χ0v) is 7.97. The number of hydrogen-bond donors (Lipinski definition) is 0. The molecule has 0 aromatic heterocycles. The van der Waals surface area contributed by atoms with Crippen molar-refractivity contribution in [2.45, 2.75) is 0 Å². The molecule has 0 amide bonds. The van der Waals surface area contributed by atoms with Crippen molar-refractivity contribution < 1.29 is 9.31 Å². The normalized spacial score (nSPS) is 12.0. The summed E-state index contributed by atoms with van der Waals surface area (Å²) in [5.74, 6) is 0. The zero-order chi connectivity index (χ0) is 9.52. The number of allylic oxidation sites excluding steroid dienone is 1. The van der Waals surface area contributed by atoms with E-state index in [4.69, 9.17) is 4.74 Å². The van der Waals surface area contributed by atoms with Gasteiger partial charge in [-0.1, -0.05) is 18.2 Å². The molecule has 1 aromatic carbocycles. The van der Waals surface area contributed by atoms with Crippen LogP contribution in [-0.2, 0) is 4.74 Å². The third-order valence-corrected chi connectivity index (χ3v) is 1.69. The van der Waals surface area contributed by atoms with Crippen LogP contribution < -0.4 is 0 Å². The number of hydrogen-bond acceptors (Lipinski definition) is 1. The molecule has 0 heterocycles. The monoisotopic (exact) mass is 176 g/mol.